The van der Waals surface area contributed by atoms with Crippen molar-refractivity contribution in [1.29, 1.82) is 0 Å². The Morgan fingerprint density at radius 2 is 2.05 bits per heavy atom. The van der Waals surface area contributed by atoms with Gasteiger partial charge in [-0.3, -0.25) is 9.59 Å². The molecule has 21 heavy (non-hydrogen) atoms. The SMILES string of the molecule is Cc1cc(C(=O)CCC(=O)N2CCNC(C)C2C)c(C)s1. The summed E-state index contributed by atoms with van der Waals surface area (Å²) in [4.78, 5) is 28.7. The van der Waals surface area contributed by atoms with E-state index in [-0.39, 0.29) is 17.7 Å². The minimum Gasteiger partial charge on any atom is -0.337 e. The highest BCUT2D eigenvalue weighted by atomic mass is 32.1. The number of hydrogen-bond donors (Lipinski definition) is 1. The Morgan fingerprint density at radius 3 is 2.67 bits per heavy atom. The minimum absolute atomic E-state index is 0.0843. The van der Waals surface area contributed by atoms with Gasteiger partial charge in [0.05, 0.1) is 0 Å². The first kappa shape index (κ1) is 16.2. The van der Waals surface area contributed by atoms with Gasteiger partial charge in [0, 0.05) is 53.3 Å². The third-order valence-electron chi connectivity index (χ3n) is 4.26. The summed E-state index contributed by atoms with van der Waals surface area (Å²) in [6.45, 7) is 9.68. The van der Waals surface area contributed by atoms with Crippen LogP contribution in [0.15, 0.2) is 6.07 Å². The molecule has 2 heterocycles. The molecule has 1 fully saturated rings. The first-order chi connectivity index (χ1) is 9.90. The summed E-state index contributed by atoms with van der Waals surface area (Å²) in [5.41, 5.74) is 0.784. The summed E-state index contributed by atoms with van der Waals surface area (Å²) in [7, 11) is 0. The van der Waals surface area contributed by atoms with Gasteiger partial charge in [0.15, 0.2) is 5.78 Å². The fraction of sp³-hybridized carbons (Fsp3) is 0.625. The molecule has 0 spiro atoms. The van der Waals surface area contributed by atoms with Crippen LogP contribution in [0.5, 0.6) is 0 Å². The van der Waals surface area contributed by atoms with E-state index in [0.29, 0.717) is 18.9 Å². The van der Waals surface area contributed by atoms with E-state index < -0.39 is 0 Å². The molecule has 2 atom stereocenters. The lowest BCUT2D eigenvalue weighted by atomic mass is 10.0. The monoisotopic (exact) mass is 308 g/mol. The smallest absolute Gasteiger partial charge is 0.223 e. The van der Waals surface area contributed by atoms with Crippen molar-refractivity contribution in [1.82, 2.24) is 10.2 Å². The van der Waals surface area contributed by atoms with Crippen molar-refractivity contribution in [3.63, 3.8) is 0 Å². The molecule has 2 unspecified atom stereocenters. The van der Waals surface area contributed by atoms with Crippen LogP contribution in [-0.4, -0.2) is 41.8 Å². The van der Waals surface area contributed by atoms with E-state index in [1.165, 1.54) is 0 Å². The number of thiophene rings is 1. The van der Waals surface area contributed by atoms with Crippen LogP contribution in [0.1, 0.15) is 46.8 Å². The Kier molecular flexibility index (Phi) is 5.17. The van der Waals surface area contributed by atoms with Crippen molar-refractivity contribution in [2.45, 2.75) is 52.6 Å². The van der Waals surface area contributed by atoms with E-state index in [4.69, 9.17) is 0 Å². The molecule has 1 aliphatic heterocycles. The second kappa shape index (κ2) is 6.71. The second-order valence-electron chi connectivity index (χ2n) is 5.82. The molecule has 0 aromatic carbocycles. The third-order valence-corrected chi connectivity index (χ3v) is 5.23. The van der Waals surface area contributed by atoms with E-state index in [0.717, 1.165) is 28.4 Å². The highest BCUT2D eigenvalue weighted by Gasteiger charge is 2.28. The molecule has 1 aromatic rings. The molecule has 0 bridgehead atoms. The molecule has 1 aromatic heterocycles. The quantitative estimate of drug-likeness (QED) is 0.870. The fourth-order valence-electron chi connectivity index (χ4n) is 2.81. The zero-order valence-electron chi connectivity index (χ0n) is 13.2. The van der Waals surface area contributed by atoms with Gasteiger partial charge >= 0.3 is 0 Å². The summed E-state index contributed by atoms with van der Waals surface area (Å²) in [6, 6.07) is 2.43. The van der Waals surface area contributed by atoms with Gasteiger partial charge in [-0.2, -0.15) is 0 Å². The molecule has 116 valence electrons. The highest BCUT2D eigenvalue weighted by Crippen LogP contribution is 2.22. The van der Waals surface area contributed by atoms with Crippen LogP contribution in [-0.2, 0) is 4.79 Å². The molecule has 1 amide bonds. The lowest BCUT2D eigenvalue weighted by Gasteiger charge is -2.38. The van der Waals surface area contributed by atoms with Crippen LogP contribution in [0.2, 0.25) is 0 Å². The molecule has 1 saturated heterocycles. The van der Waals surface area contributed by atoms with E-state index >= 15 is 0 Å². The van der Waals surface area contributed by atoms with Gasteiger partial charge < -0.3 is 10.2 Å². The summed E-state index contributed by atoms with van der Waals surface area (Å²) in [5.74, 6) is 0.176. The topological polar surface area (TPSA) is 49.4 Å². The van der Waals surface area contributed by atoms with Crippen molar-refractivity contribution >= 4 is 23.0 Å². The molecule has 0 aliphatic carbocycles. The van der Waals surface area contributed by atoms with E-state index in [9.17, 15) is 9.59 Å². The van der Waals surface area contributed by atoms with Crippen LogP contribution in [0.3, 0.4) is 0 Å². The lowest BCUT2D eigenvalue weighted by Crippen LogP contribution is -2.57. The van der Waals surface area contributed by atoms with Gasteiger partial charge in [-0.25, -0.2) is 0 Å². The number of nitrogens with one attached hydrogen (secondary N) is 1. The Bertz CT molecular complexity index is 538. The van der Waals surface area contributed by atoms with Crippen molar-refractivity contribution in [2.24, 2.45) is 0 Å². The maximum absolute atomic E-state index is 12.3. The highest BCUT2D eigenvalue weighted by molar-refractivity contribution is 7.12. The summed E-state index contributed by atoms with van der Waals surface area (Å²) < 4.78 is 0. The van der Waals surface area contributed by atoms with Gasteiger partial charge in [-0.1, -0.05) is 0 Å². The molecule has 2 rings (SSSR count). The maximum Gasteiger partial charge on any atom is 0.223 e. The van der Waals surface area contributed by atoms with Crippen molar-refractivity contribution < 1.29 is 9.59 Å². The average Bonchev–Trinajstić information content (AvgIpc) is 2.78. The normalized spacial score (nSPS) is 22.4. The molecule has 0 saturated carbocycles. The zero-order valence-corrected chi connectivity index (χ0v) is 14.0. The predicted octanol–water partition coefficient (Wildman–Crippen LogP) is 2.54. The molecular formula is C16H24N2O2S. The van der Waals surface area contributed by atoms with Crippen LogP contribution < -0.4 is 5.32 Å². The van der Waals surface area contributed by atoms with E-state index in [2.05, 4.69) is 19.2 Å². The Balaban J connectivity index is 1.92. The standard InChI is InChI=1S/C16H24N2O2S/c1-10-9-14(13(4)21-10)15(19)5-6-16(20)18-8-7-17-11(2)12(18)3/h9,11-12,17H,5-8H2,1-4H3. The molecule has 4 nitrogen and oxygen atoms in total. The first-order valence-corrected chi connectivity index (χ1v) is 8.35. The number of Topliss-reactive ketones (excluding diaryl/α,β-unsaturated/α-hetero) is 1. The molecule has 1 N–H and O–H groups in total. The fourth-order valence-corrected chi connectivity index (χ4v) is 3.76. The number of ketones is 1. The third kappa shape index (κ3) is 3.71. The van der Waals surface area contributed by atoms with Crippen LogP contribution in [0.4, 0.5) is 0 Å². The maximum atomic E-state index is 12.3. The summed E-state index contributed by atoms with van der Waals surface area (Å²) in [5, 5.41) is 3.36. The Labute approximate surface area is 130 Å². The largest absolute Gasteiger partial charge is 0.337 e. The van der Waals surface area contributed by atoms with Crippen molar-refractivity contribution in [2.75, 3.05) is 13.1 Å². The number of hydrogen-bond acceptors (Lipinski definition) is 4. The van der Waals surface area contributed by atoms with E-state index in [1.807, 2.05) is 24.8 Å². The van der Waals surface area contributed by atoms with Crippen molar-refractivity contribution in [3.05, 3.63) is 21.4 Å². The van der Waals surface area contributed by atoms with Crippen LogP contribution >= 0.6 is 11.3 Å². The lowest BCUT2D eigenvalue weighted by molar-refractivity contribution is -0.134. The first-order valence-electron chi connectivity index (χ1n) is 7.53. The minimum atomic E-state index is 0.0843. The average molecular weight is 308 g/mol. The molecule has 1 aliphatic rings. The Hall–Kier alpha value is -1.20. The predicted molar refractivity (Wildman–Crippen MR) is 86.0 cm³/mol. The van der Waals surface area contributed by atoms with Crippen LogP contribution in [0.25, 0.3) is 0 Å². The number of carbonyl (C=O) groups is 2. The number of rotatable bonds is 4. The second-order valence-corrected chi connectivity index (χ2v) is 7.28. The van der Waals surface area contributed by atoms with Gasteiger partial charge in [0.2, 0.25) is 5.91 Å². The Morgan fingerprint density at radius 1 is 1.33 bits per heavy atom. The zero-order chi connectivity index (χ0) is 15.6. The molecule has 0 radical (unpaired) electrons. The van der Waals surface area contributed by atoms with Gasteiger partial charge in [0.1, 0.15) is 0 Å². The molecule has 5 heteroatoms. The van der Waals surface area contributed by atoms with Gasteiger partial charge in [0.25, 0.3) is 0 Å². The van der Waals surface area contributed by atoms with Gasteiger partial charge in [-0.15, -0.1) is 11.3 Å². The number of carbonyl (C=O) groups excluding carboxylic acids is 2. The van der Waals surface area contributed by atoms with Gasteiger partial charge in [-0.05, 0) is 33.8 Å². The summed E-state index contributed by atoms with van der Waals surface area (Å²) in [6.07, 6.45) is 0.616. The number of amides is 1. The summed E-state index contributed by atoms with van der Waals surface area (Å²) >= 11 is 1.64. The van der Waals surface area contributed by atoms with Crippen molar-refractivity contribution in [3.8, 4) is 0 Å². The molecular weight excluding hydrogens is 284 g/mol. The number of nitrogens with zero attached hydrogens (tertiary/aromatic N) is 1. The van der Waals surface area contributed by atoms with Crippen LogP contribution in [0, 0.1) is 13.8 Å². The van der Waals surface area contributed by atoms with E-state index in [1.54, 1.807) is 11.3 Å². The number of piperazine rings is 1. The number of aryl methyl sites for hydroxylation is 2.